The van der Waals surface area contributed by atoms with Crippen molar-refractivity contribution in [3.8, 4) is 11.5 Å². The quantitative estimate of drug-likeness (QED) is 0.456. The normalized spacial score (nSPS) is 18.0. The van der Waals surface area contributed by atoms with E-state index in [0.717, 1.165) is 11.1 Å². The lowest BCUT2D eigenvalue weighted by Gasteiger charge is -2.13. The second-order valence-electron chi connectivity index (χ2n) is 6.36. The van der Waals surface area contributed by atoms with Crippen molar-refractivity contribution in [2.45, 2.75) is 18.8 Å². The number of hydrogen-bond acceptors (Lipinski definition) is 4. The van der Waals surface area contributed by atoms with Crippen LogP contribution in [-0.2, 0) is 11.3 Å². The predicted octanol–water partition coefficient (Wildman–Crippen LogP) is 4.60. The van der Waals surface area contributed by atoms with Gasteiger partial charge in [-0.3, -0.25) is 4.79 Å². The third-order valence-corrected chi connectivity index (χ3v) is 4.57. The van der Waals surface area contributed by atoms with Crippen LogP contribution in [0.1, 0.15) is 27.6 Å². The highest BCUT2D eigenvalue weighted by Crippen LogP contribution is 2.43. The maximum atomic E-state index is 13.1. The molecule has 1 heterocycles. The van der Waals surface area contributed by atoms with Gasteiger partial charge in [0.25, 0.3) is 0 Å². The summed E-state index contributed by atoms with van der Waals surface area (Å²) >= 11 is 0. The number of ketones is 1. The van der Waals surface area contributed by atoms with Crippen molar-refractivity contribution in [1.82, 2.24) is 0 Å². The maximum Gasteiger partial charge on any atom is 0.202 e. The minimum Gasteiger partial charge on any atom is -0.496 e. The van der Waals surface area contributed by atoms with Gasteiger partial charge in [-0.05, 0) is 23.3 Å². The van der Waals surface area contributed by atoms with E-state index in [1.807, 2.05) is 66.7 Å². The van der Waals surface area contributed by atoms with E-state index >= 15 is 0 Å². The molecule has 0 unspecified atom stereocenters. The van der Waals surface area contributed by atoms with Crippen molar-refractivity contribution < 1.29 is 19.0 Å². The van der Waals surface area contributed by atoms with Gasteiger partial charge in [0.1, 0.15) is 29.8 Å². The molecule has 3 aromatic carbocycles. The number of carbonyl (C=O) groups is 1. The first-order valence-electron chi connectivity index (χ1n) is 8.86. The van der Waals surface area contributed by atoms with E-state index in [2.05, 4.69) is 0 Å². The van der Waals surface area contributed by atoms with Gasteiger partial charge >= 0.3 is 0 Å². The van der Waals surface area contributed by atoms with Crippen LogP contribution < -0.4 is 9.47 Å². The van der Waals surface area contributed by atoms with Gasteiger partial charge < -0.3 is 14.2 Å². The van der Waals surface area contributed by atoms with Crippen LogP contribution in [0.5, 0.6) is 11.5 Å². The standard InChI is InChI=1S/C23H20O4/c1-25-18-13-8-14-19(26-15-16-9-4-2-5-10-16)20(18)21(24)23-22(27-23)17-11-6-3-7-12-17/h2-14,22-23H,15H2,1H3/t22-,23-/m1/s1. The average Bonchev–Trinajstić information content (AvgIpc) is 3.54. The first-order chi connectivity index (χ1) is 13.3. The lowest BCUT2D eigenvalue weighted by Crippen LogP contribution is -2.12. The molecule has 1 aliphatic heterocycles. The number of benzene rings is 3. The summed E-state index contributed by atoms with van der Waals surface area (Å²) in [7, 11) is 1.55. The number of ether oxygens (including phenoxy) is 3. The first kappa shape index (κ1) is 17.3. The summed E-state index contributed by atoms with van der Waals surface area (Å²) in [4.78, 5) is 13.1. The third kappa shape index (κ3) is 3.71. The van der Waals surface area contributed by atoms with Gasteiger partial charge in [-0.25, -0.2) is 0 Å². The van der Waals surface area contributed by atoms with E-state index in [1.165, 1.54) is 0 Å². The van der Waals surface area contributed by atoms with Crippen LogP contribution in [0.15, 0.2) is 78.9 Å². The molecule has 27 heavy (non-hydrogen) atoms. The van der Waals surface area contributed by atoms with Gasteiger partial charge in [-0.2, -0.15) is 0 Å². The molecule has 1 aliphatic rings. The van der Waals surface area contributed by atoms with E-state index in [-0.39, 0.29) is 11.9 Å². The molecule has 0 saturated carbocycles. The van der Waals surface area contributed by atoms with Crippen molar-refractivity contribution >= 4 is 5.78 Å². The van der Waals surface area contributed by atoms with Crippen molar-refractivity contribution in [3.05, 3.63) is 95.6 Å². The van der Waals surface area contributed by atoms with Crippen LogP contribution in [0, 0.1) is 0 Å². The molecule has 1 saturated heterocycles. The Balaban J connectivity index is 1.57. The Hall–Kier alpha value is -3.11. The van der Waals surface area contributed by atoms with Gasteiger partial charge in [0.15, 0.2) is 6.10 Å². The fraction of sp³-hybridized carbons (Fsp3) is 0.174. The highest BCUT2D eigenvalue weighted by atomic mass is 16.6. The van der Waals surface area contributed by atoms with Crippen LogP contribution in [0.2, 0.25) is 0 Å². The molecule has 0 bridgehead atoms. The summed E-state index contributed by atoms with van der Waals surface area (Å²) in [6, 6.07) is 25.0. The van der Waals surface area contributed by atoms with Crippen molar-refractivity contribution in [3.63, 3.8) is 0 Å². The Kier molecular flexibility index (Phi) is 4.90. The maximum absolute atomic E-state index is 13.1. The van der Waals surface area contributed by atoms with Gasteiger partial charge in [-0.15, -0.1) is 0 Å². The third-order valence-electron chi connectivity index (χ3n) is 4.57. The van der Waals surface area contributed by atoms with Gasteiger partial charge in [-0.1, -0.05) is 66.7 Å². The van der Waals surface area contributed by atoms with Gasteiger partial charge in [0, 0.05) is 0 Å². The largest absolute Gasteiger partial charge is 0.496 e. The number of Topliss-reactive ketones (excluding diaryl/α,β-unsaturated/α-hetero) is 1. The minimum atomic E-state index is -0.511. The van der Waals surface area contributed by atoms with E-state index < -0.39 is 6.10 Å². The van der Waals surface area contributed by atoms with Crippen molar-refractivity contribution in [1.29, 1.82) is 0 Å². The van der Waals surface area contributed by atoms with E-state index in [4.69, 9.17) is 14.2 Å². The van der Waals surface area contributed by atoms with Crippen molar-refractivity contribution in [2.24, 2.45) is 0 Å². The zero-order chi connectivity index (χ0) is 18.6. The highest BCUT2D eigenvalue weighted by Gasteiger charge is 2.47. The Labute approximate surface area is 158 Å². The summed E-state index contributed by atoms with van der Waals surface area (Å²) < 4.78 is 17.0. The second kappa shape index (κ2) is 7.64. The Morgan fingerprint density at radius 3 is 2.26 bits per heavy atom. The van der Waals surface area contributed by atoms with E-state index in [9.17, 15) is 4.79 Å². The number of hydrogen-bond donors (Lipinski definition) is 0. The molecule has 0 radical (unpaired) electrons. The fourth-order valence-corrected chi connectivity index (χ4v) is 3.13. The van der Waals surface area contributed by atoms with Crippen LogP contribution in [0.3, 0.4) is 0 Å². The summed E-state index contributed by atoms with van der Waals surface area (Å²) in [5.41, 5.74) is 2.46. The molecule has 0 spiro atoms. The zero-order valence-electron chi connectivity index (χ0n) is 15.0. The second-order valence-corrected chi connectivity index (χ2v) is 6.36. The molecule has 1 fully saturated rings. The lowest BCUT2D eigenvalue weighted by molar-refractivity contribution is 0.0946. The molecule has 0 aliphatic carbocycles. The average molecular weight is 360 g/mol. The molecule has 0 N–H and O–H groups in total. The molecule has 3 aromatic rings. The lowest BCUT2D eigenvalue weighted by atomic mass is 10.0. The van der Waals surface area contributed by atoms with Crippen LogP contribution in [0.4, 0.5) is 0 Å². The molecular weight excluding hydrogens is 340 g/mol. The Bertz CT molecular complexity index is 922. The molecule has 4 heteroatoms. The zero-order valence-corrected chi connectivity index (χ0v) is 15.0. The summed E-state index contributed by atoms with van der Waals surface area (Å²) in [6.45, 7) is 0.377. The number of methoxy groups -OCH3 is 1. The summed E-state index contributed by atoms with van der Waals surface area (Å²) in [6.07, 6.45) is -0.728. The van der Waals surface area contributed by atoms with E-state index in [0.29, 0.717) is 23.7 Å². The van der Waals surface area contributed by atoms with Crippen LogP contribution >= 0.6 is 0 Å². The minimum absolute atomic E-state index is 0.121. The summed E-state index contributed by atoms with van der Waals surface area (Å²) in [5, 5.41) is 0. The predicted molar refractivity (Wildman–Crippen MR) is 102 cm³/mol. The Morgan fingerprint density at radius 1 is 0.889 bits per heavy atom. The SMILES string of the molecule is COc1cccc(OCc2ccccc2)c1C(=O)[C@H]1O[C@@H]1c1ccccc1. The first-order valence-corrected chi connectivity index (χ1v) is 8.86. The van der Waals surface area contributed by atoms with Crippen molar-refractivity contribution in [2.75, 3.05) is 7.11 Å². The van der Waals surface area contributed by atoms with E-state index in [1.54, 1.807) is 19.2 Å². The van der Waals surface area contributed by atoms with Gasteiger partial charge in [0.05, 0.1) is 7.11 Å². The smallest absolute Gasteiger partial charge is 0.202 e. The van der Waals surface area contributed by atoms with Gasteiger partial charge in [0.2, 0.25) is 5.78 Å². The summed E-state index contributed by atoms with van der Waals surface area (Å²) in [5.74, 6) is 0.878. The molecule has 4 rings (SSSR count). The highest BCUT2D eigenvalue weighted by molar-refractivity contribution is 6.06. The topological polar surface area (TPSA) is 48.1 Å². The molecular formula is C23H20O4. The van der Waals surface area contributed by atoms with Crippen LogP contribution in [0.25, 0.3) is 0 Å². The number of carbonyl (C=O) groups excluding carboxylic acids is 1. The molecule has 0 amide bonds. The molecule has 0 aromatic heterocycles. The number of rotatable bonds is 7. The molecule has 2 atom stereocenters. The number of epoxide rings is 1. The fourth-order valence-electron chi connectivity index (χ4n) is 3.13. The molecule has 4 nitrogen and oxygen atoms in total. The molecule has 136 valence electrons. The Morgan fingerprint density at radius 2 is 1.56 bits per heavy atom. The monoisotopic (exact) mass is 360 g/mol. The van der Waals surface area contributed by atoms with Crippen LogP contribution in [-0.4, -0.2) is 19.0 Å².